The predicted molar refractivity (Wildman–Crippen MR) is 133 cm³/mol. The fourth-order valence-corrected chi connectivity index (χ4v) is 5.32. The Morgan fingerprint density at radius 3 is 2.44 bits per heavy atom. The summed E-state index contributed by atoms with van der Waals surface area (Å²) in [7, 11) is 3.59. The maximum absolute atomic E-state index is 12.5. The Hall–Kier alpha value is -2.88. The molecule has 2 atom stereocenters. The maximum Gasteiger partial charge on any atom is 0.410 e. The number of aryl methyl sites for hydroxylation is 1. The molecular formula is C24H29BrN6O3. The molecule has 2 unspecified atom stereocenters. The Kier molecular flexibility index (Phi) is 5.66. The number of rotatable bonds is 3. The van der Waals surface area contributed by atoms with Gasteiger partial charge in [0, 0.05) is 50.6 Å². The molecule has 0 spiro atoms. The Morgan fingerprint density at radius 1 is 1.12 bits per heavy atom. The van der Waals surface area contributed by atoms with Gasteiger partial charge in [-0.2, -0.15) is 4.98 Å². The molecule has 3 aromatic rings. The fourth-order valence-electron chi connectivity index (χ4n) is 4.78. The van der Waals surface area contributed by atoms with Gasteiger partial charge >= 0.3 is 6.09 Å². The van der Waals surface area contributed by atoms with E-state index in [1.165, 1.54) is 0 Å². The van der Waals surface area contributed by atoms with E-state index in [1.54, 1.807) is 13.4 Å². The van der Waals surface area contributed by atoms with E-state index in [0.717, 1.165) is 45.7 Å². The molecule has 4 heterocycles. The third kappa shape index (κ3) is 4.19. The molecule has 34 heavy (non-hydrogen) atoms. The van der Waals surface area contributed by atoms with Gasteiger partial charge in [0.05, 0.1) is 17.9 Å². The molecule has 0 radical (unpaired) electrons. The van der Waals surface area contributed by atoms with Crippen LogP contribution in [0.4, 0.5) is 10.7 Å². The zero-order valence-corrected chi connectivity index (χ0v) is 21.7. The first kappa shape index (κ1) is 22.9. The molecule has 0 N–H and O–H groups in total. The summed E-state index contributed by atoms with van der Waals surface area (Å²) in [6.07, 6.45) is 1.54. The Balaban J connectivity index is 1.41. The van der Waals surface area contributed by atoms with Crippen LogP contribution in [0.25, 0.3) is 22.4 Å². The van der Waals surface area contributed by atoms with E-state index in [-0.39, 0.29) is 6.09 Å². The Labute approximate surface area is 207 Å². The number of anilines is 1. The van der Waals surface area contributed by atoms with Crippen molar-refractivity contribution in [2.75, 3.05) is 38.2 Å². The van der Waals surface area contributed by atoms with Crippen LogP contribution in [0, 0.1) is 11.8 Å². The SMILES string of the molecule is COc1ccc(-c2nc(N3CC4CN(C(=O)OC(C)(C)C)CC4C3)nc3c2ncn3C)cc1Br. The van der Waals surface area contributed by atoms with E-state index < -0.39 is 5.60 Å². The topological polar surface area (TPSA) is 85.6 Å². The lowest BCUT2D eigenvalue weighted by Gasteiger charge is -2.26. The summed E-state index contributed by atoms with van der Waals surface area (Å²) in [5, 5.41) is 0. The van der Waals surface area contributed by atoms with E-state index in [0.29, 0.717) is 30.9 Å². The smallest absolute Gasteiger partial charge is 0.410 e. The molecule has 0 saturated carbocycles. The zero-order chi connectivity index (χ0) is 24.2. The van der Waals surface area contributed by atoms with Crippen molar-refractivity contribution in [1.82, 2.24) is 24.4 Å². The van der Waals surface area contributed by atoms with Crippen LogP contribution in [0.2, 0.25) is 0 Å². The third-order valence-electron chi connectivity index (χ3n) is 6.39. The summed E-state index contributed by atoms with van der Waals surface area (Å²) in [5.74, 6) is 2.20. The van der Waals surface area contributed by atoms with Crippen molar-refractivity contribution in [2.24, 2.45) is 18.9 Å². The summed E-state index contributed by atoms with van der Waals surface area (Å²) >= 11 is 3.58. The van der Waals surface area contributed by atoms with Gasteiger partial charge in [-0.05, 0) is 54.9 Å². The van der Waals surface area contributed by atoms with Gasteiger partial charge in [0.1, 0.15) is 22.6 Å². The number of amides is 1. The van der Waals surface area contributed by atoms with Crippen molar-refractivity contribution < 1.29 is 14.3 Å². The van der Waals surface area contributed by atoms with Gasteiger partial charge in [0.25, 0.3) is 0 Å². The molecule has 2 aromatic heterocycles. The number of methoxy groups -OCH3 is 1. The number of hydrogen-bond donors (Lipinski definition) is 0. The van der Waals surface area contributed by atoms with Crippen LogP contribution in [0.3, 0.4) is 0 Å². The minimum absolute atomic E-state index is 0.228. The van der Waals surface area contributed by atoms with Crippen LogP contribution >= 0.6 is 15.9 Å². The highest BCUT2D eigenvalue weighted by Gasteiger charge is 2.43. The van der Waals surface area contributed by atoms with Gasteiger partial charge in [-0.1, -0.05) is 0 Å². The van der Waals surface area contributed by atoms with Gasteiger partial charge in [-0.25, -0.2) is 14.8 Å². The summed E-state index contributed by atoms with van der Waals surface area (Å²) in [6.45, 7) is 8.69. The van der Waals surface area contributed by atoms with E-state index in [2.05, 4.69) is 25.8 Å². The molecule has 9 nitrogen and oxygen atoms in total. The monoisotopic (exact) mass is 528 g/mol. The first-order valence-electron chi connectivity index (χ1n) is 11.4. The van der Waals surface area contributed by atoms with Crippen molar-refractivity contribution in [2.45, 2.75) is 26.4 Å². The number of carbonyl (C=O) groups excluding carboxylic acids is 1. The molecule has 0 aliphatic carbocycles. The molecular weight excluding hydrogens is 500 g/mol. The van der Waals surface area contributed by atoms with E-state index in [9.17, 15) is 4.79 Å². The largest absolute Gasteiger partial charge is 0.496 e. The van der Waals surface area contributed by atoms with Crippen LogP contribution in [0.1, 0.15) is 20.8 Å². The predicted octanol–water partition coefficient (Wildman–Crippen LogP) is 4.10. The summed E-state index contributed by atoms with van der Waals surface area (Å²) < 4.78 is 13.7. The fraction of sp³-hybridized carbons (Fsp3) is 0.500. The molecule has 5 rings (SSSR count). The number of fused-ring (bicyclic) bond motifs is 2. The standard InChI is InChI=1S/C24H29BrN6O3/c1-24(2,3)34-23(32)31-11-15-9-30(10-16(15)12-31)22-27-19(20-21(28-22)29(4)13-26-20)14-6-7-18(33-5)17(25)8-14/h6-8,13,15-16H,9-12H2,1-5H3. The van der Waals surface area contributed by atoms with Gasteiger partial charge in [0.15, 0.2) is 5.65 Å². The highest BCUT2D eigenvalue weighted by molar-refractivity contribution is 9.10. The van der Waals surface area contributed by atoms with E-state index in [4.69, 9.17) is 19.4 Å². The van der Waals surface area contributed by atoms with E-state index >= 15 is 0 Å². The van der Waals surface area contributed by atoms with Crippen molar-refractivity contribution in [1.29, 1.82) is 0 Å². The van der Waals surface area contributed by atoms with Crippen LogP contribution in [-0.4, -0.2) is 69.4 Å². The lowest BCUT2D eigenvalue weighted by molar-refractivity contribution is 0.0282. The second kappa shape index (κ2) is 8.41. The normalized spacial score (nSPS) is 20.2. The number of nitrogens with zero attached hydrogens (tertiary/aromatic N) is 6. The second-order valence-corrected chi connectivity index (χ2v) is 10.9. The number of likely N-dealkylation sites (tertiary alicyclic amines) is 1. The number of ether oxygens (including phenoxy) is 2. The highest BCUT2D eigenvalue weighted by atomic mass is 79.9. The average molecular weight is 529 g/mol. The van der Waals surface area contributed by atoms with E-state index in [1.807, 2.05) is 55.5 Å². The highest BCUT2D eigenvalue weighted by Crippen LogP contribution is 2.36. The Morgan fingerprint density at radius 2 is 1.82 bits per heavy atom. The van der Waals surface area contributed by atoms with Crippen LogP contribution in [0.15, 0.2) is 29.0 Å². The summed E-state index contributed by atoms with van der Waals surface area (Å²) in [4.78, 5) is 31.0. The summed E-state index contributed by atoms with van der Waals surface area (Å²) in [5.41, 5.74) is 2.80. The minimum Gasteiger partial charge on any atom is -0.496 e. The molecule has 180 valence electrons. The lowest BCUT2D eigenvalue weighted by atomic mass is 10.0. The minimum atomic E-state index is -0.486. The van der Waals surface area contributed by atoms with Crippen molar-refractivity contribution >= 4 is 39.1 Å². The maximum atomic E-state index is 12.5. The first-order valence-corrected chi connectivity index (χ1v) is 12.2. The lowest BCUT2D eigenvalue weighted by Crippen LogP contribution is -2.37. The quantitative estimate of drug-likeness (QED) is 0.505. The second-order valence-electron chi connectivity index (χ2n) is 10.1. The number of carbonyl (C=O) groups is 1. The zero-order valence-electron chi connectivity index (χ0n) is 20.1. The third-order valence-corrected chi connectivity index (χ3v) is 7.01. The van der Waals surface area contributed by atoms with Crippen LogP contribution in [0.5, 0.6) is 5.75 Å². The number of hydrogen-bond acceptors (Lipinski definition) is 7. The number of halogens is 1. The molecule has 1 aromatic carbocycles. The van der Waals surface area contributed by atoms with Crippen molar-refractivity contribution in [3.63, 3.8) is 0 Å². The van der Waals surface area contributed by atoms with Gasteiger partial charge in [-0.3, -0.25) is 0 Å². The molecule has 2 fully saturated rings. The Bertz CT molecular complexity index is 1240. The average Bonchev–Trinajstić information content (AvgIpc) is 3.45. The van der Waals surface area contributed by atoms with Gasteiger partial charge < -0.3 is 23.8 Å². The number of imidazole rings is 1. The molecule has 10 heteroatoms. The number of aromatic nitrogens is 4. The van der Waals surface area contributed by atoms with Crippen molar-refractivity contribution in [3.8, 4) is 17.0 Å². The molecule has 2 saturated heterocycles. The molecule has 0 bridgehead atoms. The van der Waals surface area contributed by atoms with Crippen LogP contribution in [-0.2, 0) is 11.8 Å². The number of benzene rings is 1. The van der Waals surface area contributed by atoms with Crippen LogP contribution < -0.4 is 9.64 Å². The molecule has 1 amide bonds. The first-order chi connectivity index (χ1) is 16.1. The van der Waals surface area contributed by atoms with Gasteiger partial charge in [0.2, 0.25) is 5.95 Å². The molecule has 2 aliphatic rings. The van der Waals surface area contributed by atoms with Crippen molar-refractivity contribution in [3.05, 3.63) is 29.0 Å². The summed E-state index contributed by atoms with van der Waals surface area (Å²) in [6, 6.07) is 5.90. The van der Waals surface area contributed by atoms with Gasteiger partial charge in [-0.15, -0.1) is 0 Å². The molecule has 2 aliphatic heterocycles.